The summed E-state index contributed by atoms with van der Waals surface area (Å²) in [5, 5.41) is 0. The summed E-state index contributed by atoms with van der Waals surface area (Å²) in [5.41, 5.74) is -0.749. The summed E-state index contributed by atoms with van der Waals surface area (Å²) in [7, 11) is -2.24. The van der Waals surface area contributed by atoms with E-state index in [4.69, 9.17) is 8.85 Å². The van der Waals surface area contributed by atoms with E-state index < -0.39 is 43.2 Å². The number of rotatable bonds is 10. The number of benzene rings is 1. The smallest absolute Gasteiger partial charge is 0.334 e. The summed E-state index contributed by atoms with van der Waals surface area (Å²) >= 11 is 0. The lowest BCUT2D eigenvalue weighted by Gasteiger charge is -2.25. The van der Waals surface area contributed by atoms with Gasteiger partial charge in [-0.2, -0.15) is 0 Å². The first-order valence-corrected chi connectivity index (χ1v) is 10.6. The predicted molar refractivity (Wildman–Crippen MR) is 83.5 cm³/mol. The van der Waals surface area contributed by atoms with Gasteiger partial charge in [-0.05, 0) is 39.3 Å². The van der Waals surface area contributed by atoms with Crippen molar-refractivity contribution in [3.05, 3.63) is 34.6 Å². The molecule has 1 aromatic carbocycles. The summed E-state index contributed by atoms with van der Waals surface area (Å²) < 4.78 is 77.6. The van der Waals surface area contributed by atoms with Gasteiger partial charge in [-0.15, -0.1) is 0 Å². The number of unbranched alkanes of at least 4 members (excludes halogenated alkanes) is 2. The van der Waals surface area contributed by atoms with E-state index in [2.05, 4.69) is 0 Å². The average Bonchev–Trinajstić information content (AvgIpc) is 2.54. The van der Waals surface area contributed by atoms with Crippen LogP contribution in [0.1, 0.15) is 38.7 Å². The summed E-state index contributed by atoms with van der Waals surface area (Å²) in [6, 6.07) is 0.714. The molecule has 0 atom stereocenters. The molecule has 0 aliphatic carbocycles. The van der Waals surface area contributed by atoms with Gasteiger partial charge in [0.05, 0.1) is 0 Å². The number of halogens is 5. The minimum atomic E-state index is -2.24. The Morgan fingerprint density at radius 3 is 1.62 bits per heavy atom. The van der Waals surface area contributed by atoms with Gasteiger partial charge in [0.25, 0.3) is 0 Å². The average molecular weight is 370 g/mol. The Hall–Kier alpha value is -0.993. The number of hydrogen-bond donors (Lipinski definition) is 0. The first-order chi connectivity index (χ1) is 11.3. The van der Waals surface area contributed by atoms with Crippen LogP contribution in [0.5, 0.6) is 0 Å². The molecule has 0 bridgehead atoms. The highest BCUT2D eigenvalue weighted by molar-refractivity contribution is 6.66. The lowest BCUT2D eigenvalue weighted by Crippen LogP contribution is -2.38. The van der Waals surface area contributed by atoms with Crippen molar-refractivity contribution < 1.29 is 30.8 Å². The largest absolute Gasteiger partial charge is 0.395 e. The molecule has 0 radical (unpaired) electrons. The van der Waals surface area contributed by atoms with Gasteiger partial charge in [0.1, 0.15) is 0 Å². The molecule has 8 heteroatoms. The molecule has 138 valence electrons. The Kier molecular flexibility index (Phi) is 8.31. The first-order valence-electron chi connectivity index (χ1n) is 8.05. The number of hydrogen-bond acceptors (Lipinski definition) is 2. The molecular formula is C16H23F5O2Si. The summed E-state index contributed by atoms with van der Waals surface area (Å²) in [6.45, 7) is 6.81. The van der Waals surface area contributed by atoms with Crippen LogP contribution in [-0.2, 0) is 15.3 Å². The van der Waals surface area contributed by atoms with Crippen molar-refractivity contribution in [2.24, 2.45) is 0 Å². The van der Waals surface area contributed by atoms with Crippen molar-refractivity contribution >= 4 is 8.56 Å². The van der Waals surface area contributed by atoms with Crippen molar-refractivity contribution in [1.29, 1.82) is 0 Å². The van der Waals surface area contributed by atoms with Crippen LogP contribution < -0.4 is 0 Å². The molecule has 0 heterocycles. The van der Waals surface area contributed by atoms with Crippen molar-refractivity contribution in [3.63, 3.8) is 0 Å². The quantitative estimate of drug-likeness (QED) is 0.184. The van der Waals surface area contributed by atoms with E-state index in [0.717, 1.165) is 0 Å². The fraction of sp³-hybridized carbons (Fsp3) is 0.625. The third kappa shape index (κ3) is 5.25. The molecule has 1 aromatic rings. The van der Waals surface area contributed by atoms with Crippen LogP contribution in [-0.4, -0.2) is 21.8 Å². The van der Waals surface area contributed by atoms with Gasteiger partial charge >= 0.3 is 8.56 Å². The van der Waals surface area contributed by atoms with Gasteiger partial charge in [0.15, 0.2) is 23.3 Å². The molecular weight excluding hydrogens is 347 g/mol. The van der Waals surface area contributed by atoms with Gasteiger partial charge in [0.2, 0.25) is 5.82 Å². The molecule has 0 aliphatic rings. The zero-order valence-electron chi connectivity index (χ0n) is 14.2. The standard InChI is InChI=1S/C16H23F5O2Si/c1-4-22-24(3,23-5-2)10-8-6-7-9-11-12(17)14(19)16(21)15(20)13(11)18/h4-10H2,1-3H3. The van der Waals surface area contributed by atoms with Crippen molar-refractivity contribution in [1.82, 2.24) is 0 Å². The maximum absolute atomic E-state index is 13.5. The van der Waals surface area contributed by atoms with Gasteiger partial charge in [-0.1, -0.05) is 12.8 Å². The molecule has 0 N–H and O–H groups in total. The molecule has 0 saturated carbocycles. The van der Waals surface area contributed by atoms with Crippen LogP contribution in [0.4, 0.5) is 22.0 Å². The maximum Gasteiger partial charge on any atom is 0.334 e. The van der Waals surface area contributed by atoms with Crippen LogP contribution in [0, 0.1) is 29.1 Å². The van der Waals surface area contributed by atoms with E-state index in [9.17, 15) is 22.0 Å². The minimum Gasteiger partial charge on any atom is -0.395 e. The van der Waals surface area contributed by atoms with Crippen molar-refractivity contribution in [2.45, 2.75) is 52.1 Å². The highest BCUT2D eigenvalue weighted by Crippen LogP contribution is 2.25. The predicted octanol–water partition coefficient (Wildman–Crippen LogP) is 5.24. The molecule has 0 amide bonds. The van der Waals surface area contributed by atoms with Crippen molar-refractivity contribution in [3.8, 4) is 0 Å². The van der Waals surface area contributed by atoms with Crippen LogP contribution in [0.15, 0.2) is 0 Å². The highest BCUT2D eigenvalue weighted by atomic mass is 28.4. The fourth-order valence-electron chi connectivity index (χ4n) is 2.59. The van der Waals surface area contributed by atoms with Gasteiger partial charge < -0.3 is 8.85 Å². The van der Waals surface area contributed by atoms with E-state index in [-0.39, 0.29) is 6.42 Å². The molecule has 0 spiro atoms. The molecule has 0 fully saturated rings. The summed E-state index contributed by atoms with van der Waals surface area (Å²) in [4.78, 5) is 0. The van der Waals surface area contributed by atoms with E-state index in [1.54, 1.807) is 0 Å². The molecule has 0 saturated heterocycles. The zero-order valence-corrected chi connectivity index (χ0v) is 15.2. The summed E-state index contributed by atoms with van der Waals surface area (Å²) in [6.07, 6.45) is 1.41. The van der Waals surface area contributed by atoms with Crippen LogP contribution in [0.25, 0.3) is 0 Å². The van der Waals surface area contributed by atoms with Gasteiger partial charge in [0, 0.05) is 18.8 Å². The SMILES string of the molecule is CCO[Si](C)(CCCCCc1c(F)c(F)c(F)c(F)c1F)OCC. The molecule has 24 heavy (non-hydrogen) atoms. The second kappa shape index (κ2) is 9.48. The molecule has 2 nitrogen and oxygen atoms in total. The Labute approximate surface area is 140 Å². The van der Waals surface area contributed by atoms with Gasteiger partial charge in [-0.25, -0.2) is 22.0 Å². The van der Waals surface area contributed by atoms with Gasteiger partial charge in [-0.3, -0.25) is 0 Å². The Morgan fingerprint density at radius 1 is 0.708 bits per heavy atom. The van der Waals surface area contributed by atoms with Crippen LogP contribution in [0.2, 0.25) is 12.6 Å². The fourth-order valence-corrected chi connectivity index (χ4v) is 5.08. The zero-order chi connectivity index (χ0) is 18.3. The first kappa shape index (κ1) is 21.1. The third-order valence-electron chi connectivity index (χ3n) is 3.76. The van der Waals surface area contributed by atoms with E-state index in [0.29, 0.717) is 38.5 Å². The molecule has 0 aromatic heterocycles. The minimum absolute atomic E-state index is 0.201. The maximum atomic E-state index is 13.5. The lowest BCUT2D eigenvalue weighted by atomic mass is 10.1. The van der Waals surface area contributed by atoms with Crippen molar-refractivity contribution in [2.75, 3.05) is 13.2 Å². The second-order valence-electron chi connectivity index (χ2n) is 5.61. The van der Waals surface area contributed by atoms with E-state index in [1.165, 1.54) is 0 Å². The van der Waals surface area contributed by atoms with E-state index >= 15 is 0 Å². The lowest BCUT2D eigenvalue weighted by molar-refractivity contribution is 0.188. The normalized spacial score (nSPS) is 12.0. The van der Waals surface area contributed by atoms with Crippen LogP contribution >= 0.6 is 0 Å². The molecule has 1 rings (SSSR count). The second-order valence-corrected chi connectivity index (χ2v) is 8.95. The van der Waals surface area contributed by atoms with Crippen LogP contribution in [0.3, 0.4) is 0 Å². The summed E-state index contributed by atoms with van der Waals surface area (Å²) in [5.74, 6) is -9.39. The van der Waals surface area contributed by atoms with E-state index in [1.807, 2.05) is 20.4 Å². The Bertz CT molecular complexity index is 519. The third-order valence-corrected chi connectivity index (χ3v) is 6.82. The highest BCUT2D eigenvalue weighted by Gasteiger charge is 2.30. The molecule has 0 unspecified atom stereocenters. The molecule has 0 aliphatic heterocycles. The topological polar surface area (TPSA) is 18.5 Å². The monoisotopic (exact) mass is 370 g/mol. The Morgan fingerprint density at radius 2 is 1.17 bits per heavy atom. The Balaban J connectivity index is 2.57.